The van der Waals surface area contributed by atoms with Gasteiger partial charge < -0.3 is 11.1 Å². The van der Waals surface area contributed by atoms with Gasteiger partial charge in [-0.25, -0.2) is 4.98 Å². The summed E-state index contributed by atoms with van der Waals surface area (Å²) in [5, 5.41) is 3.35. The number of pyridine rings is 1. The normalized spacial score (nSPS) is 12.1. The van der Waals surface area contributed by atoms with E-state index in [0.717, 1.165) is 29.1 Å². The Morgan fingerprint density at radius 1 is 1.11 bits per heavy atom. The molecular weight excluding hydrogens is 222 g/mol. The van der Waals surface area contributed by atoms with Crippen molar-refractivity contribution in [3.05, 3.63) is 42.6 Å². The van der Waals surface area contributed by atoms with Crippen molar-refractivity contribution < 1.29 is 0 Å². The van der Waals surface area contributed by atoms with Crippen LogP contribution in [-0.4, -0.2) is 11.0 Å². The van der Waals surface area contributed by atoms with E-state index in [9.17, 15) is 0 Å². The zero-order valence-corrected chi connectivity index (χ0v) is 10.9. The standard InChI is InChI=1S/C15H19N3/c1-3-11(2)18-15-9-6-13(10-17-15)12-4-7-14(16)8-5-12/h4-11H,3,16H2,1-2H3,(H,17,18). The minimum Gasteiger partial charge on any atom is -0.399 e. The van der Waals surface area contributed by atoms with Gasteiger partial charge in [-0.1, -0.05) is 19.1 Å². The van der Waals surface area contributed by atoms with Crippen LogP contribution in [0.15, 0.2) is 42.6 Å². The second-order valence-electron chi connectivity index (χ2n) is 4.51. The highest BCUT2D eigenvalue weighted by Crippen LogP contribution is 2.21. The molecule has 1 atom stereocenters. The molecule has 0 bridgehead atoms. The van der Waals surface area contributed by atoms with Crippen molar-refractivity contribution in [1.82, 2.24) is 4.98 Å². The van der Waals surface area contributed by atoms with Crippen molar-refractivity contribution in [2.45, 2.75) is 26.3 Å². The molecule has 3 heteroatoms. The fourth-order valence-electron chi connectivity index (χ4n) is 1.68. The Hall–Kier alpha value is -2.03. The maximum atomic E-state index is 5.67. The maximum Gasteiger partial charge on any atom is 0.126 e. The van der Waals surface area contributed by atoms with Gasteiger partial charge in [0, 0.05) is 23.5 Å². The van der Waals surface area contributed by atoms with Crippen molar-refractivity contribution in [1.29, 1.82) is 0 Å². The summed E-state index contributed by atoms with van der Waals surface area (Å²) in [5.74, 6) is 0.920. The van der Waals surface area contributed by atoms with Gasteiger partial charge in [-0.05, 0) is 43.2 Å². The predicted molar refractivity (Wildman–Crippen MR) is 77.5 cm³/mol. The number of nitrogens with zero attached hydrogens (tertiary/aromatic N) is 1. The highest BCUT2D eigenvalue weighted by Gasteiger charge is 2.01. The smallest absolute Gasteiger partial charge is 0.126 e. The minimum absolute atomic E-state index is 0.444. The third kappa shape index (κ3) is 3.00. The van der Waals surface area contributed by atoms with Crippen LogP contribution in [-0.2, 0) is 0 Å². The first-order chi connectivity index (χ1) is 8.69. The lowest BCUT2D eigenvalue weighted by molar-refractivity contribution is 0.759. The van der Waals surface area contributed by atoms with Crippen LogP contribution >= 0.6 is 0 Å². The number of nitrogens with two attached hydrogens (primary N) is 1. The lowest BCUT2D eigenvalue weighted by Gasteiger charge is -2.12. The van der Waals surface area contributed by atoms with Gasteiger partial charge in [0.2, 0.25) is 0 Å². The molecule has 18 heavy (non-hydrogen) atoms. The van der Waals surface area contributed by atoms with Gasteiger partial charge in [0.1, 0.15) is 5.82 Å². The molecule has 0 aliphatic rings. The molecule has 3 N–H and O–H groups in total. The van der Waals surface area contributed by atoms with Gasteiger partial charge in [0.05, 0.1) is 0 Å². The quantitative estimate of drug-likeness (QED) is 0.805. The summed E-state index contributed by atoms with van der Waals surface area (Å²) in [5.41, 5.74) is 8.69. The number of anilines is 2. The molecule has 3 nitrogen and oxygen atoms in total. The first-order valence-electron chi connectivity index (χ1n) is 6.27. The fourth-order valence-corrected chi connectivity index (χ4v) is 1.68. The lowest BCUT2D eigenvalue weighted by atomic mass is 10.1. The Bertz CT molecular complexity index is 488. The molecule has 0 saturated heterocycles. The number of rotatable bonds is 4. The second kappa shape index (κ2) is 5.54. The van der Waals surface area contributed by atoms with Crippen molar-refractivity contribution in [3.8, 4) is 11.1 Å². The van der Waals surface area contributed by atoms with Crippen LogP contribution in [0.2, 0.25) is 0 Å². The molecule has 0 amide bonds. The summed E-state index contributed by atoms with van der Waals surface area (Å²) in [6, 6.07) is 12.4. The van der Waals surface area contributed by atoms with Crippen LogP contribution in [0.5, 0.6) is 0 Å². The van der Waals surface area contributed by atoms with Gasteiger partial charge in [0.25, 0.3) is 0 Å². The molecule has 0 aliphatic carbocycles. The Morgan fingerprint density at radius 2 is 1.78 bits per heavy atom. The maximum absolute atomic E-state index is 5.67. The van der Waals surface area contributed by atoms with E-state index in [1.165, 1.54) is 0 Å². The average Bonchev–Trinajstić information content (AvgIpc) is 2.40. The SMILES string of the molecule is CCC(C)Nc1ccc(-c2ccc(N)cc2)cn1. The fraction of sp³-hybridized carbons (Fsp3) is 0.267. The zero-order valence-electron chi connectivity index (χ0n) is 10.9. The monoisotopic (exact) mass is 241 g/mol. The molecule has 0 aliphatic heterocycles. The van der Waals surface area contributed by atoms with E-state index in [4.69, 9.17) is 5.73 Å². The van der Waals surface area contributed by atoms with Crippen LogP contribution in [0.25, 0.3) is 11.1 Å². The third-order valence-electron chi connectivity index (χ3n) is 3.01. The summed E-state index contributed by atoms with van der Waals surface area (Å²) >= 11 is 0. The molecule has 0 saturated carbocycles. The van der Waals surface area contributed by atoms with Gasteiger partial charge in [-0.2, -0.15) is 0 Å². The Labute approximate surface area is 108 Å². The van der Waals surface area contributed by atoms with Crippen molar-refractivity contribution in [3.63, 3.8) is 0 Å². The molecule has 2 rings (SSSR count). The molecule has 0 radical (unpaired) electrons. The number of benzene rings is 1. The summed E-state index contributed by atoms with van der Waals surface area (Å²) < 4.78 is 0. The van der Waals surface area contributed by atoms with Crippen molar-refractivity contribution in [2.24, 2.45) is 0 Å². The zero-order chi connectivity index (χ0) is 13.0. The number of hydrogen-bond donors (Lipinski definition) is 2. The highest BCUT2D eigenvalue weighted by molar-refractivity contribution is 5.65. The van der Waals surface area contributed by atoms with Crippen LogP contribution in [0.4, 0.5) is 11.5 Å². The first kappa shape index (κ1) is 12.4. The summed E-state index contributed by atoms with van der Waals surface area (Å²) in [6.45, 7) is 4.30. The largest absolute Gasteiger partial charge is 0.399 e. The average molecular weight is 241 g/mol. The van der Waals surface area contributed by atoms with Crippen LogP contribution in [0.3, 0.4) is 0 Å². The lowest BCUT2D eigenvalue weighted by Crippen LogP contribution is -2.14. The predicted octanol–water partition coefficient (Wildman–Crippen LogP) is 3.54. The van der Waals surface area contributed by atoms with Gasteiger partial charge in [-0.3, -0.25) is 0 Å². The molecule has 2 aromatic rings. The van der Waals surface area contributed by atoms with E-state index in [0.29, 0.717) is 6.04 Å². The van der Waals surface area contributed by atoms with Gasteiger partial charge >= 0.3 is 0 Å². The molecule has 1 aromatic heterocycles. The topological polar surface area (TPSA) is 50.9 Å². The molecule has 1 aromatic carbocycles. The van der Waals surface area contributed by atoms with E-state index in [-0.39, 0.29) is 0 Å². The third-order valence-corrected chi connectivity index (χ3v) is 3.01. The van der Waals surface area contributed by atoms with Crippen molar-refractivity contribution in [2.75, 3.05) is 11.1 Å². The molecule has 0 spiro atoms. The molecule has 0 fully saturated rings. The highest BCUT2D eigenvalue weighted by atomic mass is 15.0. The number of nitrogens with one attached hydrogen (secondary N) is 1. The first-order valence-corrected chi connectivity index (χ1v) is 6.27. The summed E-state index contributed by atoms with van der Waals surface area (Å²) in [4.78, 5) is 4.42. The molecule has 94 valence electrons. The van der Waals surface area contributed by atoms with Gasteiger partial charge in [-0.15, -0.1) is 0 Å². The summed E-state index contributed by atoms with van der Waals surface area (Å²) in [6.07, 6.45) is 2.97. The number of nitrogen functional groups attached to an aromatic ring is 1. The number of hydrogen-bond acceptors (Lipinski definition) is 3. The van der Waals surface area contributed by atoms with Crippen molar-refractivity contribution >= 4 is 11.5 Å². The van der Waals surface area contributed by atoms with E-state index >= 15 is 0 Å². The minimum atomic E-state index is 0.444. The van der Waals surface area contributed by atoms with E-state index in [1.54, 1.807) is 0 Å². The Kier molecular flexibility index (Phi) is 3.82. The second-order valence-corrected chi connectivity index (χ2v) is 4.51. The van der Waals surface area contributed by atoms with Crippen LogP contribution < -0.4 is 11.1 Å². The number of aromatic nitrogens is 1. The van der Waals surface area contributed by atoms with E-state index < -0.39 is 0 Å². The molecular formula is C15H19N3. The summed E-state index contributed by atoms with van der Waals surface area (Å²) in [7, 11) is 0. The van der Waals surface area contributed by atoms with Gasteiger partial charge in [0.15, 0.2) is 0 Å². The van der Waals surface area contributed by atoms with Crippen LogP contribution in [0.1, 0.15) is 20.3 Å². The molecule has 1 unspecified atom stereocenters. The van der Waals surface area contributed by atoms with Crippen LogP contribution in [0, 0.1) is 0 Å². The van der Waals surface area contributed by atoms with E-state index in [2.05, 4.69) is 30.2 Å². The molecule has 1 heterocycles. The Balaban J connectivity index is 2.14. The van der Waals surface area contributed by atoms with E-state index in [1.807, 2.05) is 36.5 Å². The Morgan fingerprint density at radius 3 is 2.33 bits per heavy atom.